The van der Waals surface area contributed by atoms with E-state index in [2.05, 4.69) is 26.3 Å². The van der Waals surface area contributed by atoms with E-state index in [0.29, 0.717) is 21.6 Å². The number of anilines is 1. The Kier molecular flexibility index (Phi) is 6.20. The highest BCUT2D eigenvalue weighted by molar-refractivity contribution is 9.10. The molecule has 0 aliphatic carbocycles. The third-order valence-corrected chi connectivity index (χ3v) is 6.16. The number of hydrogen-bond acceptors (Lipinski definition) is 6. The van der Waals surface area contributed by atoms with Crippen molar-refractivity contribution in [1.82, 2.24) is 9.78 Å². The number of fused-ring (bicyclic) bond motifs is 1. The fourth-order valence-corrected chi connectivity index (χ4v) is 4.33. The second-order valence-corrected chi connectivity index (χ2v) is 8.73. The first-order valence-corrected chi connectivity index (χ1v) is 11.4. The molecule has 0 saturated carbocycles. The normalized spacial score (nSPS) is 10.8. The van der Waals surface area contributed by atoms with Crippen LogP contribution in [0.2, 0.25) is 0 Å². The van der Waals surface area contributed by atoms with Gasteiger partial charge in [-0.2, -0.15) is 9.78 Å². The van der Waals surface area contributed by atoms with Crippen LogP contribution in [0.5, 0.6) is 0 Å². The number of amides is 1. The van der Waals surface area contributed by atoms with Gasteiger partial charge in [0.15, 0.2) is 5.69 Å². The second kappa shape index (κ2) is 9.05. The summed E-state index contributed by atoms with van der Waals surface area (Å²) in [6.45, 7) is 3.80. The van der Waals surface area contributed by atoms with Gasteiger partial charge >= 0.3 is 5.97 Å². The van der Waals surface area contributed by atoms with Crippen molar-refractivity contribution in [3.8, 4) is 5.69 Å². The molecule has 4 rings (SSSR count). The highest BCUT2D eigenvalue weighted by Gasteiger charge is 2.23. The summed E-state index contributed by atoms with van der Waals surface area (Å²) >= 11 is 4.52. The predicted molar refractivity (Wildman–Crippen MR) is 128 cm³/mol. The molecule has 0 atom stereocenters. The quantitative estimate of drug-likeness (QED) is 0.383. The lowest BCUT2D eigenvalue weighted by molar-refractivity contribution is 0.0520. The van der Waals surface area contributed by atoms with Crippen molar-refractivity contribution in [2.75, 3.05) is 11.9 Å². The summed E-state index contributed by atoms with van der Waals surface area (Å²) in [5, 5.41) is 9.61. The Bertz CT molecular complexity index is 1380. The summed E-state index contributed by atoms with van der Waals surface area (Å²) in [4.78, 5) is 38.8. The second-order valence-electron chi connectivity index (χ2n) is 6.94. The van der Waals surface area contributed by atoms with Gasteiger partial charge in [-0.05, 0) is 50.2 Å². The monoisotopic (exact) mass is 511 g/mol. The fourth-order valence-electron chi connectivity index (χ4n) is 3.13. The lowest BCUT2D eigenvalue weighted by Crippen LogP contribution is -2.25. The number of nitrogens with one attached hydrogen (secondary N) is 1. The number of esters is 1. The Morgan fingerprint density at radius 2 is 1.81 bits per heavy atom. The molecule has 2 aromatic heterocycles. The average Bonchev–Trinajstić information content (AvgIpc) is 3.19. The zero-order chi connectivity index (χ0) is 22.8. The third-order valence-electron chi connectivity index (χ3n) is 4.73. The summed E-state index contributed by atoms with van der Waals surface area (Å²) in [5.74, 6) is -0.990. The van der Waals surface area contributed by atoms with Gasteiger partial charge in [-0.15, -0.1) is 11.3 Å². The highest BCUT2D eigenvalue weighted by atomic mass is 79.9. The maximum Gasteiger partial charge on any atom is 0.359 e. The van der Waals surface area contributed by atoms with Crippen molar-refractivity contribution in [3.63, 3.8) is 0 Å². The van der Waals surface area contributed by atoms with Crippen LogP contribution in [0.15, 0.2) is 63.2 Å². The van der Waals surface area contributed by atoms with Crippen molar-refractivity contribution in [2.45, 2.75) is 13.8 Å². The first-order valence-electron chi connectivity index (χ1n) is 9.74. The average molecular weight is 512 g/mol. The first-order chi connectivity index (χ1) is 15.4. The topological polar surface area (TPSA) is 90.3 Å². The molecule has 1 amide bonds. The summed E-state index contributed by atoms with van der Waals surface area (Å²) < 4.78 is 7.13. The summed E-state index contributed by atoms with van der Waals surface area (Å²) in [6, 6.07) is 14.1. The Labute approximate surface area is 195 Å². The molecule has 0 fully saturated rings. The molecule has 7 nitrogen and oxygen atoms in total. The van der Waals surface area contributed by atoms with Crippen LogP contribution in [0.4, 0.5) is 5.00 Å². The van der Waals surface area contributed by atoms with Gasteiger partial charge < -0.3 is 10.1 Å². The van der Waals surface area contributed by atoms with Gasteiger partial charge in [-0.3, -0.25) is 9.59 Å². The van der Waals surface area contributed by atoms with E-state index < -0.39 is 11.5 Å². The van der Waals surface area contributed by atoms with E-state index in [-0.39, 0.29) is 23.6 Å². The van der Waals surface area contributed by atoms with Gasteiger partial charge in [-0.1, -0.05) is 33.6 Å². The Morgan fingerprint density at radius 1 is 1.12 bits per heavy atom. The smallest absolute Gasteiger partial charge is 0.359 e. The number of hydrogen-bond donors (Lipinski definition) is 1. The van der Waals surface area contributed by atoms with Gasteiger partial charge in [0.25, 0.3) is 11.5 Å². The molecule has 32 heavy (non-hydrogen) atoms. The molecule has 162 valence electrons. The third kappa shape index (κ3) is 4.21. The summed E-state index contributed by atoms with van der Waals surface area (Å²) in [7, 11) is 0. The van der Waals surface area contributed by atoms with Crippen molar-refractivity contribution < 1.29 is 14.3 Å². The number of ether oxygens (including phenoxy) is 1. The molecule has 0 bridgehead atoms. The van der Waals surface area contributed by atoms with Crippen LogP contribution >= 0.6 is 27.3 Å². The molecule has 2 heterocycles. The van der Waals surface area contributed by atoms with Crippen LogP contribution in [-0.2, 0) is 4.74 Å². The summed E-state index contributed by atoms with van der Waals surface area (Å²) in [6.07, 6.45) is 0. The number of carbonyl (C=O) groups is 2. The van der Waals surface area contributed by atoms with Crippen molar-refractivity contribution >= 4 is 54.9 Å². The molecule has 0 saturated heterocycles. The number of aromatic nitrogens is 2. The van der Waals surface area contributed by atoms with E-state index >= 15 is 0 Å². The number of halogens is 1. The maximum atomic E-state index is 13.4. The van der Waals surface area contributed by atoms with E-state index in [9.17, 15) is 14.4 Å². The minimum Gasteiger partial charge on any atom is -0.461 e. The number of aryl methyl sites for hydroxylation is 1. The largest absolute Gasteiger partial charge is 0.461 e. The van der Waals surface area contributed by atoms with E-state index in [4.69, 9.17) is 4.74 Å². The van der Waals surface area contributed by atoms with Crippen molar-refractivity contribution in [2.24, 2.45) is 0 Å². The number of rotatable bonds is 5. The molecule has 1 N–H and O–H groups in total. The predicted octanol–water partition coefficient (Wildman–Crippen LogP) is 4.95. The SMILES string of the molecule is CCOC(=O)c1nn(-c2ccc(Br)cc2)c(=O)c2c(NC(=O)c3ccc(C)cc3)scc12. The Hall–Kier alpha value is -3.30. The number of carbonyl (C=O) groups excluding carboxylic acids is 2. The molecule has 0 aliphatic heterocycles. The van der Waals surface area contributed by atoms with E-state index in [1.54, 1.807) is 48.7 Å². The first kappa shape index (κ1) is 21.9. The minimum atomic E-state index is -0.641. The van der Waals surface area contributed by atoms with Crippen LogP contribution in [0.25, 0.3) is 16.5 Å². The van der Waals surface area contributed by atoms with Crippen LogP contribution in [0.3, 0.4) is 0 Å². The molecule has 0 unspecified atom stereocenters. The lowest BCUT2D eigenvalue weighted by Gasteiger charge is -2.10. The molecule has 9 heteroatoms. The molecule has 0 spiro atoms. The van der Waals surface area contributed by atoms with E-state index in [1.807, 2.05) is 19.1 Å². The van der Waals surface area contributed by atoms with Gasteiger partial charge in [0.1, 0.15) is 5.00 Å². The van der Waals surface area contributed by atoms with Crippen molar-refractivity contribution in [3.05, 3.63) is 85.6 Å². The van der Waals surface area contributed by atoms with Crippen molar-refractivity contribution in [1.29, 1.82) is 0 Å². The fraction of sp³-hybridized carbons (Fsp3) is 0.130. The van der Waals surface area contributed by atoms with Gasteiger partial charge in [-0.25, -0.2) is 4.79 Å². The zero-order valence-electron chi connectivity index (χ0n) is 17.2. The molecular formula is C23H18BrN3O4S. The van der Waals surface area contributed by atoms with E-state index in [0.717, 1.165) is 26.1 Å². The van der Waals surface area contributed by atoms with Gasteiger partial charge in [0.2, 0.25) is 0 Å². The Balaban J connectivity index is 1.87. The van der Waals surface area contributed by atoms with Crippen LogP contribution in [0, 0.1) is 6.92 Å². The van der Waals surface area contributed by atoms with Crippen LogP contribution in [-0.4, -0.2) is 28.3 Å². The number of thiophene rings is 1. The van der Waals surface area contributed by atoms with Crippen LogP contribution < -0.4 is 10.9 Å². The van der Waals surface area contributed by atoms with Gasteiger partial charge in [0.05, 0.1) is 17.7 Å². The molecule has 2 aromatic carbocycles. The molecular weight excluding hydrogens is 494 g/mol. The molecule has 0 aliphatic rings. The highest BCUT2D eigenvalue weighted by Crippen LogP contribution is 2.31. The minimum absolute atomic E-state index is 0.0106. The molecule has 4 aromatic rings. The van der Waals surface area contributed by atoms with Gasteiger partial charge in [0, 0.05) is 20.8 Å². The number of nitrogens with zero attached hydrogens (tertiary/aromatic N) is 2. The molecule has 0 radical (unpaired) electrons. The Morgan fingerprint density at radius 3 is 2.47 bits per heavy atom. The lowest BCUT2D eigenvalue weighted by atomic mass is 10.1. The van der Waals surface area contributed by atoms with E-state index in [1.165, 1.54) is 0 Å². The zero-order valence-corrected chi connectivity index (χ0v) is 19.6. The number of benzene rings is 2. The standard InChI is InChI=1S/C23H18BrN3O4S/c1-3-31-23(30)19-17-12-32-21(25-20(28)14-6-4-13(2)5-7-14)18(17)22(29)27(26-19)16-10-8-15(24)9-11-16/h4-12H,3H2,1-2H3,(H,25,28). The maximum absolute atomic E-state index is 13.4. The van der Waals surface area contributed by atoms with Crippen LogP contribution in [0.1, 0.15) is 33.3 Å². The summed E-state index contributed by atoms with van der Waals surface area (Å²) in [5.41, 5.74) is 1.54.